The summed E-state index contributed by atoms with van der Waals surface area (Å²) in [6.45, 7) is 3.44. The molecule has 1 atom stereocenters. The van der Waals surface area contributed by atoms with Gasteiger partial charge in [0.25, 0.3) is 0 Å². The molecule has 0 fully saturated rings. The number of carbonyl (C=O) groups excluding carboxylic acids is 2. The van der Waals surface area contributed by atoms with Gasteiger partial charge < -0.3 is 10.5 Å². The average molecular weight is 256 g/mol. The van der Waals surface area contributed by atoms with Crippen LogP contribution in [0, 0.1) is 0 Å². The first-order valence-electron chi connectivity index (χ1n) is 4.79. The molecule has 1 aromatic carbocycles. The first-order chi connectivity index (χ1) is 7.66. The van der Waals surface area contributed by atoms with Crippen molar-refractivity contribution in [2.24, 2.45) is 5.73 Å². The van der Waals surface area contributed by atoms with Gasteiger partial charge >= 0.3 is 5.97 Å². The largest absolute Gasteiger partial charge is 0.460 e. The van der Waals surface area contributed by atoms with Crippen LogP contribution >= 0.6 is 12.4 Å². The van der Waals surface area contributed by atoms with Crippen LogP contribution in [0.15, 0.2) is 43.0 Å². The van der Waals surface area contributed by atoms with Gasteiger partial charge in [0.15, 0.2) is 11.8 Å². The number of ketones is 1. The smallest absolute Gasteiger partial charge is 0.331 e. The molecule has 0 spiro atoms. The van der Waals surface area contributed by atoms with Gasteiger partial charge in [-0.25, -0.2) is 4.79 Å². The number of carbonyl (C=O) groups is 2. The fourth-order valence-electron chi connectivity index (χ4n) is 1.12. The summed E-state index contributed by atoms with van der Waals surface area (Å²) in [5.41, 5.74) is 5.87. The van der Waals surface area contributed by atoms with Crippen LogP contribution in [0.25, 0.3) is 0 Å². The number of ether oxygens (including phenoxy) is 1. The van der Waals surface area contributed by atoms with Crippen LogP contribution in [-0.2, 0) is 9.53 Å². The Hall–Kier alpha value is -1.65. The van der Waals surface area contributed by atoms with E-state index in [0.29, 0.717) is 5.56 Å². The molecule has 0 aliphatic carbocycles. The van der Waals surface area contributed by atoms with Crippen LogP contribution in [-0.4, -0.2) is 24.4 Å². The Morgan fingerprint density at radius 1 is 1.35 bits per heavy atom. The van der Waals surface area contributed by atoms with E-state index in [9.17, 15) is 9.59 Å². The molecule has 5 heteroatoms. The summed E-state index contributed by atoms with van der Waals surface area (Å²) in [5.74, 6) is -1.19. The molecule has 0 bridgehead atoms. The Morgan fingerprint density at radius 3 is 2.47 bits per heavy atom. The first-order valence-corrected chi connectivity index (χ1v) is 4.79. The minimum absolute atomic E-state index is 0. The lowest BCUT2D eigenvalue weighted by Gasteiger charge is -2.09. The Labute approximate surface area is 106 Å². The Bertz CT molecular complexity index is 392. The number of hydrogen-bond donors (Lipinski definition) is 1. The fourth-order valence-corrected chi connectivity index (χ4v) is 1.12. The van der Waals surface area contributed by atoms with Crippen molar-refractivity contribution in [2.75, 3.05) is 6.61 Å². The summed E-state index contributed by atoms with van der Waals surface area (Å²) in [7, 11) is 0. The van der Waals surface area contributed by atoms with Crippen LogP contribution in [0.3, 0.4) is 0 Å². The van der Waals surface area contributed by atoms with Gasteiger partial charge in [-0.1, -0.05) is 43.0 Å². The van der Waals surface area contributed by atoms with Gasteiger partial charge in [0.1, 0.15) is 6.61 Å². The van der Waals surface area contributed by atoms with Crippen molar-refractivity contribution < 1.29 is 14.3 Å². The summed E-state index contributed by atoms with van der Waals surface area (Å²) in [6, 6.07) is 7.11. The predicted molar refractivity (Wildman–Crippen MR) is 67.2 cm³/mol. The van der Waals surface area contributed by atoms with Gasteiger partial charge in [-0.2, -0.15) is 0 Å². The summed E-state index contributed by atoms with van der Waals surface area (Å²) in [4.78, 5) is 23.0. The summed E-state index contributed by atoms with van der Waals surface area (Å²) >= 11 is 0. The Kier molecular flexibility index (Phi) is 6.86. The number of benzene rings is 1. The number of hydrogen-bond acceptors (Lipinski definition) is 4. The zero-order valence-electron chi connectivity index (χ0n) is 9.17. The second kappa shape index (κ2) is 7.60. The van der Waals surface area contributed by atoms with E-state index in [4.69, 9.17) is 10.5 Å². The van der Waals surface area contributed by atoms with Crippen molar-refractivity contribution in [3.8, 4) is 0 Å². The molecule has 0 aliphatic heterocycles. The number of rotatable bonds is 5. The summed E-state index contributed by atoms with van der Waals surface area (Å²) < 4.78 is 4.69. The minimum Gasteiger partial charge on any atom is -0.460 e. The molecule has 0 amide bonds. The molecule has 1 aromatic rings. The third kappa shape index (κ3) is 4.38. The SMILES string of the molecule is C=CCOC(=O)C(N)C(=O)c1ccccc1.Cl. The second-order valence-corrected chi connectivity index (χ2v) is 3.13. The molecule has 0 saturated carbocycles. The number of nitrogens with two attached hydrogens (primary N) is 1. The highest BCUT2D eigenvalue weighted by Crippen LogP contribution is 2.03. The summed E-state index contributed by atoms with van der Waals surface area (Å²) in [5, 5.41) is 0. The lowest BCUT2D eigenvalue weighted by molar-refractivity contribution is -0.142. The molecule has 1 rings (SSSR count). The third-order valence-corrected chi connectivity index (χ3v) is 1.94. The highest BCUT2D eigenvalue weighted by molar-refractivity contribution is 6.11. The van der Waals surface area contributed by atoms with Crippen LogP contribution in [0.2, 0.25) is 0 Å². The van der Waals surface area contributed by atoms with Crippen molar-refractivity contribution in [2.45, 2.75) is 6.04 Å². The zero-order chi connectivity index (χ0) is 12.0. The molecule has 0 saturated heterocycles. The highest BCUT2D eigenvalue weighted by Gasteiger charge is 2.24. The minimum atomic E-state index is -1.28. The van der Waals surface area contributed by atoms with Crippen LogP contribution < -0.4 is 5.73 Å². The first kappa shape index (κ1) is 15.4. The van der Waals surface area contributed by atoms with Crippen LogP contribution in [0.5, 0.6) is 0 Å². The van der Waals surface area contributed by atoms with E-state index in [2.05, 4.69) is 6.58 Å². The van der Waals surface area contributed by atoms with Crippen molar-refractivity contribution >= 4 is 24.2 Å². The number of halogens is 1. The van der Waals surface area contributed by atoms with E-state index in [-0.39, 0.29) is 19.0 Å². The van der Waals surface area contributed by atoms with E-state index in [1.165, 1.54) is 6.08 Å². The topological polar surface area (TPSA) is 69.4 Å². The van der Waals surface area contributed by atoms with Crippen LogP contribution in [0.1, 0.15) is 10.4 Å². The molecule has 0 aliphatic rings. The molecular weight excluding hydrogens is 242 g/mol. The maximum absolute atomic E-state index is 11.7. The Balaban J connectivity index is 0.00000256. The molecule has 2 N–H and O–H groups in total. The lowest BCUT2D eigenvalue weighted by Crippen LogP contribution is -2.40. The molecular formula is C12H14ClNO3. The van der Waals surface area contributed by atoms with E-state index >= 15 is 0 Å². The molecule has 0 radical (unpaired) electrons. The number of Topliss-reactive ketones (excluding diaryl/α,β-unsaturated/α-hetero) is 1. The van der Waals surface area contributed by atoms with Crippen LogP contribution in [0.4, 0.5) is 0 Å². The van der Waals surface area contributed by atoms with E-state index in [1.807, 2.05) is 0 Å². The van der Waals surface area contributed by atoms with Gasteiger partial charge in [-0.15, -0.1) is 12.4 Å². The average Bonchev–Trinajstić information content (AvgIpc) is 2.35. The molecule has 17 heavy (non-hydrogen) atoms. The summed E-state index contributed by atoms with van der Waals surface area (Å²) in [6.07, 6.45) is 1.41. The van der Waals surface area contributed by atoms with Gasteiger partial charge in [0.05, 0.1) is 0 Å². The van der Waals surface area contributed by atoms with Gasteiger partial charge in [0.2, 0.25) is 0 Å². The normalized spacial score (nSPS) is 10.9. The molecule has 1 unspecified atom stereocenters. The molecule has 0 heterocycles. The van der Waals surface area contributed by atoms with E-state index in [1.54, 1.807) is 30.3 Å². The molecule has 4 nitrogen and oxygen atoms in total. The fraction of sp³-hybridized carbons (Fsp3) is 0.167. The van der Waals surface area contributed by atoms with E-state index < -0.39 is 17.8 Å². The van der Waals surface area contributed by atoms with Crippen molar-refractivity contribution in [3.63, 3.8) is 0 Å². The van der Waals surface area contributed by atoms with E-state index in [0.717, 1.165) is 0 Å². The monoisotopic (exact) mass is 255 g/mol. The highest BCUT2D eigenvalue weighted by atomic mass is 35.5. The van der Waals surface area contributed by atoms with Crippen molar-refractivity contribution in [1.82, 2.24) is 0 Å². The molecule has 0 aromatic heterocycles. The quantitative estimate of drug-likeness (QED) is 0.373. The van der Waals surface area contributed by atoms with Gasteiger partial charge in [0, 0.05) is 5.56 Å². The maximum Gasteiger partial charge on any atom is 0.331 e. The Morgan fingerprint density at radius 2 is 1.94 bits per heavy atom. The van der Waals surface area contributed by atoms with Gasteiger partial charge in [-0.3, -0.25) is 4.79 Å². The van der Waals surface area contributed by atoms with Crippen molar-refractivity contribution in [3.05, 3.63) is 48.6 Å². The maximum atomic E-state index is 11.7. The predicted octanol–water partition coefficient (Wildman–Crippen LogP) is 1.35. The standard InChI is InChI=1S/C12H13NO3.ClH/c1-2-8-16-12(15)10(13)11(14)9-6-4-3-5-7-9;/h2-7,10H,1,8,13H2;1H. The van der Waals surface area contributed by atoms with Gasteiger partial charge in [-0.05, 0) is 0 Å². The number of esters is 1. The zero-order valence-corrected chi connectivity index (χ0v) is 9.98. The lowest BCUT2D eigenvalue weighted by atomic mass is 10.1. The third-order valence-electron chi connectivity index (χ3n) is 1.94. The van der Waals surface area contributed by atoms with Crippen molar-refractivity contribution in [1.29, 1.82) is 0 Å². The molecule has 92 valence electrons. The second-order valence-electron chi connectivity index (χ2n) is 3.13.